The van der Waals surface area contributed by atoms with E-state index in [1.165, 1.54) is 13.0 Å². The number of carbonyl (C=O) groups excluding carboxylic acids is 3. The molecule has 3 aromatic rings. The zero-order valence-electron chi connectivity index (χ0n) is 14.6. The van der Waals surface area contributed by atoms with Crippen molar-refractivity contribution in [3.05, 3.63) is 72.0 Å². The minimum Gasteiger partial charge on any atom is -0.449 e. The van der Waals surface area contributed by atoms with Crippen LogP contribution < -0.4 is 10.6 Å². The van der Waals surface area contributed by atoms with E-state index in [0.29, 0.717) is 5.58 Å². The summed E-state index contributed by atoms with van der Waals surface area (Å²) in [7, 11) is 0. The number of hydrogen-bond acceptors (Lipinski definition) is 5. The monoisotopic (exact) mass is 366 g/mol. The Labute approximate surface area is 155 Å². The average molecular weight is 366 g/mol. The quantitative estimate of drug-likeness (QED) is 0.677. The Kier molecular flexibility index (Phi) is 5.51. The molecular weight excluding hydrogens is 348 g/mol. The molecule has 0 saturated heterocycles. The summed E-state index contributed by atoms with van der Waals surface area (Å²) in [5.41, 5.74) is 1.44. The van der Waals surface area contributed by atoms with E-state index in [9.17, 15) is 14.4 Å². The third-order valence-electron chi connectivity index (χ3n) is 3.81. The van der Waals surface area contributed by atoms with E-state index in [-0.39, 0.29) is 12.3 Å². The molecule has 0 saturated carbocycles. The highest BCUT2D eigenvalue weighted by Crippen LogP contribution is 2.19. The van der Waals surface area contributed by atoms with Gasteiger partial charge >= 0.3 is 12.0 Å². The number of imide groups is 1. The smallest absolute Gasteiger partial charge is 0.375 e. The number of fused-ring (bicyclic) bond motifs is 1. The highest BCUT2D eigenvalue weighted by molar-refractivity contribution is 5.98. The van der Waals surface area contributed by atoms with Crippen molar-refractivity contribution in [1.29, 1.82) is 0 Å². The minimum atomic E-state index is -1.16. The van der Waals surface area contributed by atoms with Gasteiger partial charge in [-0.3, -0.25) is 10.1 Å². The SMILES string of the molecule is C[C@@H](OC(=O)c1cc2ccccc2o1)C(=O)NC(=O)NCc1ccccc1. The van der Waals surface area contributed by atoms with Crippen molar-refractivity contribution in [3.63, 3.8) is 0 Å². The van der Waals surface area contributed by atoms with Crippen LogP contribution in [0.3, 0.4) is 0 Å². The Morgan fingerprint density at radius 1 is 1.04 bits per heavy atom. The Balaban J connectivity index is 1.50. The zero-order valence-corrected chi connectivity index (χ0v) is 14.6. The molecule has 3 amide bonds. The predicted octanol–water partition coefficient (Wildman–Crippen LogP) is 3.00. The molecule has 1 aromatic heterocycles. The zero-order chi connectivity index (χ0) is 19.2. The Morgan fingerprint density at radius 3 is 2.48 bits per heavy atom. The van der Waals surface area contributed by atoms with Crippen LogP contribution in [0, 0.1) is 0 Å². The molecular formula is C20H18N2O5. The van der Waals surface area contributed by atoms with Crippen molar-refractivity contribution in [3.8, 4) is 0 Å². The number of ether oxygens (including phenoxy) is 1. The number of furan rings is 1. The molecule has 0 radical (unpaired) electrons. The third-order valence-corrected chi connectivity index (χ3v) is 3.81. The Morgan fingerprint density at radius 2 is 1.74 bits per heavy atom. The lowest BCUT2D eigenvalue weighted by molar-refractivity contribution is -0.128. The maximum absolute atomic E-state index is 12.1. The van der Waals surface area contributed by atoms with Crippen LogP contribution in [0.2, 0.25) is 0 Å². The summed E-state index contributed by atoms with van der Waals surface area (Å²) in [6.45, 7) is 1.65. The lowest BCUT2D eigenvalue weighted by Gasteiger charge is -2.12. The van der Waals surface area contributed by atoms with Gasteiger partial charge in [-0.05, 0) is 24.6 Å². The number of hydrogen-bond donors (Lipinski definition) is 2. The third kappa shape index (κ3) is 4.72. The van der Waals surface area contributed by atoms with E-state index < -0.39 is 24.0 Å². The number of carbonyl (C=O) groups is 3. The fraction of sp³-hybridized carbons (Fsp3) is 0.150. The number of nitrogens with one attached hydrogen (secondary N) is 2. The molecule has 1 atom stereocenters. The fourth-order valence-electron chi connectivity index (χ4n) is 2.39. The van der Waals surface area contributed by atoms with Crippen molar-refractivity contribution in [2.75, 3.05) is 0 Å². The van der Waals surface area contributed by atoms with Crippen molar-refractivity contribution >= 4 is 28.9 Å². The Bertz CT molecular complexity index is 932. The molecule has 27 heavy (non-hydrogen) atoms. The van der Waals surface area contributed by atoms with E-state index in [1.54, 1.807) is 18.2 Å². The molecule has 0 aliphatic rings. The van der Waals surface area contributed by atoms with Crippen molar-refractivity contribution in [2.24, 2.45) is 0 Å². The van der Waals surface area contributed by atoms with Gasteiger partial charge in [-0.2, -0.15) is 0 Å². The second kappa shape index (κ2) is 8.18. The maximum Gasteiger partial charge on any atom is 0.375 e. The summed E-state index contributed by atoms with van der Waals surface area (Å²) in [6.07, 6.45) is -1.16. The summed E-state index contributed by atoms with van der Waals surface area (Å²) >= 11 is 0. The van der Waals surface area contributed by atoms with E-state index in [2.05, 4.69) is 10.6 Å². The van der Waals surface area contributed by atoms with Gasteiger partial charge in [0.05, 0.1) is 0 Å². The number of esters is 1. The molecule has 3 rings (SSSR count). The molecule has 138 valence electrons. The van der Waals surface area contributed by atoms with E-state index in [0.717, 1.165) is 10.9 Å². The van der Waals surface area contributed by atoms with Crippen LogP contribution in [-0.2, 0) is 16.1 Å². The van der Waals surface area contributed by atoms with Crippen LogP contribution in [-0.4, -0.2) is 24.0 Å². The number of benzene rings is 2. The second-order valence-corrected chi connectivity index (χ2v) is 5.85. The van der Waals surface area contributed by atoms with E-state index >= 15 is 0 Å². The van der Waals surface area contributed by atoms with Crippen LogP contribution in [0.4, 0.5) is 4.79 Å². The van der Waals surface area contributed by atoms with Crippen LogP contribution >= 0.6 is 0 Å². The molecule has 1 heterocycles. The summed E-state index contributed by atoms with van der Waals surface area (Å²) < 4.78 is 10.5. The topological polar surface area (TPSA) is 97.6 Å². The first-order chi connectivity index (χ1) is 13.0. The van der Waals surface area contributed by atoms with Gasteiger partial charge in [-0.1, -0.05) is 48.5 Å². The van der Waals surface area contributed by atoms with Gasteiger partial charge in [-0.25, -0.2) is 9.59 Å². The van der Waals surface area contributed by atoms with Gasteiger partial charge in [0.2, 0.25) is 5.76 Å². The lowest BCUT2D eigenvalue weighted by Crippen LogP contribution is -2.44. The van der Waals surface area contributed by atoms with Crippen molar-refractivity contribution in [1.82, 2.24) is 10.6 Å². The van der Waals surface area contributed by atoms with Crippen molar-refractivity contribution in [2.45, 2.75) is 19.6 Å². The molecule has 2 N–H and O–H groups in total. The number of urea groups is 1. The van der Waals surface area contributed by atoms with E-state index in [1.807, 2.05) is 36.4 Å². The van der Waals surface area contributed by atoms with Crippen LogP contribution in [0.25, 0.3) is 11.0 Å². The number of rotatable bonds is 5. The fourth-order valence-corrected chi connectivity index (χ4v) is 2.39. The first-order valence-corrected chi connectivity index (χ1v) is 8.35. The van der Waals surface area contributed by atoms with Gasteiger partial charge in [0.15, 0.2) is 6.10 Å². The summed E-state index contributed by atoms with van der Waals surface area (Å²) in [6, 6.07) is 17.2. The highest BCUT2D eigenvalue weighted by Gasteiger charge is 2.22. The minimum absolute atomic E-state index is 0.00983. The first-order valence-electron chi connectivity index (χ1n) is 8.35. The van der Waals surface area contributed by atoms with Gasteiger partial charge in [-0.15, -0.1) is 0 Å². The molecule has 0 aliphatic heterocycles. The van der Waals surface area contributed by atoms with Crippen molar-refractivity contribution < 1.29 is 23.5 Å². The summed E-state index contributed by atoms with van der Waals surface area (Å²) in [5.74, 6) is -1.52. The highest BCUT2D eigenvalue weighted by atomic mass is 16.6. The normalized spacial score (nSPS) is 11.6. The molecule has 0 spiro atoms. The second-order valence-electron chi connectivity index (χ2n) is 5.85. The molecule has 2 aromatic carbocycles. The number of para-hydroxylation sites is 1. The lowest BCUT2D eigenvalue weighted by atomic mass is 10.2. The van der Waals surface area contributed by atoms with Crippen LogP contribution in [0.5, 0.6) is 0 Å². The number of amides is 3. The first kappa shape index (κ1) is 18.2. The summed E-state index contributed by atoms with van der Waals surface area (Å²) in [5, 5.41) is 5.45. The Hall–Kier alpha value is -3.61. The largest absolute Gasteiger partial charge is 0.449 e. The average Bonchev–Trinajstić information content (AvgIpc) is 3.11. The van der Waals surface area contributed by atoms with Gasteiger partial charge in [0.1, 0.15) is 5.58 Å². The molecule has 7 heteroatoms. The van der Waals surface area contributed by atoms with Gasteiger partial charge in [0, 0.05) is 11.9 Å². The van der Waals surface area contributed by atoms with Crippen LogP contribution in [0.15, 0.2) is 65.1 Å². The molecule has 0 aliphatic carbocycles. The summed E-state index contributed by atoms with van der Waals surface area (Å²) in [4.78, 5) is 36.0. The van der Waals surface area contributed by atoms with Crippen LogP contribution in [0.1, 0.15) is 23.0 Å². The predicted molar refractivity (Wildman–Crippen MR) is 97.9 cm³/mol. The molecule has 0 bridgehead atoms. The van der Waals surface area contributed by atoms with Gasteiger partial charge in [0.25, 0.3) is 5.91 Å². The molecule has 0 fully saturated rings. The van der Waals surface area contributed by atoms with E-state index in [4.69, 9.17) is 9.15 Å². The molecule has 0 unspecified atom stereocenters. The standard InChI is InChI=1S/C20H18N2O5/c1-13(18(23)22-20(25)21-12-14-7-3-2-4-8-14)26-19(24)17-11-15-9-5-6-10-16(15)27-17/h2-11,13H,12H2,1H3,(H2,21,22,23,25)/t13-/m1/s1. The van der Waals surface area contributed by atoms with Gasteiger partial charge < -0.3 is 14.5 Å². The molecule has 7 nitrogen and oxygen atoms in total. The maximum atomic E-state index is 12.1.